The molecule has 0 aliphatic heterocycles. The summed E-state index contributed by atoms with van der Waals surface area (Å²) in [6.45, 7) is 5.44. The van der Waals surface area contributed by atoms with Crippen molar-refractivity contribution in [3.8, 4) is 0 Å². The van der Waals surface area contributed by atoms with Crippen LogP contribution in [-0.4, -0.2) is 16.5 Å². The molecular formula is C13H17FN4S. The maximum atomic E-state index is 13.6. The number of nitrogens with one attached hydrogen (secondary N) is 2. The molecule has 0 aliphatic carbocycles. The highest BCUT2D eigenvalue weighted by Crippen LogP contribution is 2.18. The topological polar surface area (TPSA) is 49.8 Å². The third-order valence-corrected chi connectivity index (χ3v) is 3.68. The maximum absolute atomic E-state index is 13.6. The molecule has 0 saturated carbocycles. The van der Waals surface area contributed by atoms with E-state index in [-0.39, 0.29) is 5.82 Å². The Hall–Kier alpha value is -1.69. The SMILES string of the molecule is CCCNc1ncc(F)c(NCc2sccc2C)n1. The third-order valence-electron chi connectivity index (χ3n) is 2.66. The Morgan fingerprint density at radius 1 is 1.37 bits per heavy atom. The molecule has 6 heteroatoms. The van der Waals surface area contributed by atoms with Gasteiger partial charge in [0, 0.05) is 11.4 Å². The lowest BCUT2D eigenvalue weighted by Gasteiger charge is -2.08. The number of nitrogens with zero attached hydrogens (tertiary/aromatic N) is 2. The number of rotatable bonds is 6. The van der Waals surface area contributed by atoms with Crippen LogP contribution >= 0.6 is 11.3 Å². The van der Waals surface area contributed by atoms with Crippen LogP contribution in [0.15, 0.2) is 17.6 Å². The van der Waals surface area contributed by atoms with Gasteiger partial charge in [0.25, 0.3) is 0 Å². The molecule has 0 unspecified atom stereocenters. The third kappa shape index (κ3) is 3.64. The number of hydrogen-bond donors (Lipinski definition) is 2. The summed E-state index contributed by atoms with van der Waals surface area (Å²) in [6, 6.07) is 2.05. The number of hydrogen-bond acceptors (Lipinski definition) is 5. The first-order valence-corrected chi connectivity index (χ1v) is 7.12. The van der Waals surface area contributed by atoms with Crippen molar-refractivity contribution in [2.24, 2.45) is 0 Å². The van der Waals surface area contributed by atoms with Crippen LogP contribution in [0.2, 0.25) is 0 Å². The lowest BCUT2D eigenvalue weighted by atomic mass is 10.3. The van der Waals surface area contributed by atoms with Gasteiger partial charge in [0.1, 0.15) is 0 Å². The van der Waals surface area contributed by atoms with Crippen LogP contribution in [0.1, 0.15) is 23.8 Å². The molecule has 0 aliphatic rings. The average molecular weight is 280 g/mol. The number of halogens is 1. The van der Waals surface area contributed by atoms with Crippen LogP contribution in [0.3, 0.4) is 0 Å². The van der Waals surface area contributed by atoms with Gasteiger partial charge < -0.3 is 10.6 Å². The summed E-state index contributed by atoms with van der Waals surface area (Å²) in [5.41, 5.74) is 1.20. The minimum Gasteiger partial charge on any atom is -0.363 e. The van der Waals surface area contributed by atoms with E-state index in [1.54, 1.807) is 11.3 Å². The zero-order valence-electron chi connectivity index (χ0n) is 11.0. The summed E-state index contributed by atoms with van der Waals surface area (Å²) in [5, 5.41) is 8.08. The highest BCUT2D eigenvalue weighted by atomic mass is 32.1. The van der Waals surface area contributed by atoms with E-state index in [1.165, 1.54) is 16.6 Å². The molecule has 0 bridgehead atoms. The Balaban J connectivity index is 2.04. The summed E-state index contributed by atoms with van der Waals surface area (Å²) in [6.07, 6.45) is 2.16. The van der Waals surface area contributed by atoms with E-state index < -0.39 is 5.82 Å². The molecule has 0 atom stereocenters. The first-order chi connectivity index (χ1) is 9.20. The monoisotopic (exact) mass is 280 g/mol. The van der Waals surface area contributed by atoms with Crippen LogP contribution in [0.25, 0.3) is 0 Å². The number of aromatic nitrogens is 2. The first kappa shape index (κ1) is 13.7. The molecule has 4 nitrogen and oxygen atoms in total. The Morgan fingerprint density at radius 3 is 2.89 bits per heavy atom. The van der Waals surface area contributed by atoms with Crippen molar-refractivity contribution >= 4 is 23.1 Å². The van der Waals surface area contributed by atoms with Gasteiger partial charge in [-0.05, 0) is 30.4 Å². The molecule has 0 amide bonds. The van der Waals surface area contributed by atoms with Crippen LogP contribution in [0, 0.1) is 12.7 Å². The van der Waals surface area contributed by atoms with Crippen molar-refractivity contribution in [3.05, 3.63) is 33.9 Å². The lowest BCUT2D eigenvalue weighted by molar-refractivity contribution is 0.617. The molecule has 0 fully saturated rings. The minimum absolute atomic E-state index is 0.237. The van der Waals surface area contributed by atoms with Gasteiger partial charge in [-0.1, -0.05) is 6.92 Å². The van der Waals surface area contributed by atoms with Crippen molar-refractivity contribution in [1.29, 1.82) is 0 Å². The standard InChI is InChI=1S/C13H17FN4S/c1-3-5-15-13-17-7-10(14)12(18-13)16-8-11-9(2)4-6-19-11/h4,6-7H,3,5,8H2,1-2H3,(H2,15,16,17,18). The van der Waals surface area contributed by atoms with E-state index in [9.17, 15) is 4.39 Å². The average Bonchev–Trinajstić information content (AvgIpc) is 2.82. The number of aryl methyl sites for hydroxylation is 1. The molecule has 2 aromatic rings. The van der Waals surface area contributed by atoms with Gasteiger partial charge >= 0.3 is 0 Å². The van der Waals surface area contributed by atoms with E-state index in [0.29, 0.717) is 12.5 Å². The largest absolute Gasteiger partial charge is 0.363 e. The molecule has 2 heterocycles. The highest BCUT2D eigenvalue weighted by molar-refractivity contribution is 7.10. The van der Waals surface area contributed by atoms with E-state index in [2.05, 4.69) is 27.5 Å². The second-order valence-corrected chi connectivity index (χ2v) is 5.20. The molecule has 0 saturated heterocycles. The van der Waals surface area contributed by atoms with E-state index >= 15 is 0 Å². The summed E-state index contributed by atoms with van der Waals surface area (Å²) in [4.78, 5) is 9.22. The molecular weight excluding hydrogens is 263 g/mol. The van der Waals surface area contributed by atoms with E-state index in [1.807, 2.05) is 18.4 Å². The van der Waals surface area contributed by atoms with Crippen LogP contribution in [-0.2, 0) is 6.54 Å². The van der Waals surface area contributed by atoms with Crippen molar-refractivity contribution in [1.82, 2.24) is 9.97 Å². The van der Waals surface area contributed by atoms with Gasteiger partial charge in [-0.15, -0.1) is 11.3 Å². The zero-order chi connectivity index (χ0) is 13.7. The fourth-order valence-corrected chi connectivity index (χ4v) is 2.41. The second-order valence-electron chi connectivity index (χ2n) is 4.20. The Bertz CT molecular complexity index is 541. The van der Waals surface area contributed by atoms with Crippen molar-refractivity contribution in [3.63, 3.8) is 0 Å². The molecule has 19 heavy (non-hydrogen) atoms. The molecule has 2 rings (SSSR count). The van der Waals surface area contributed by atoms with Gasteiger partial charge in [-0.2, -0.15) is 4.98 Å². The predicted molar refractivity (Wildman–Crippen MR) is 77.2 cm³/mol. The fraction of sp³-hybridized carbons (Fsp3) is 0.385. The fourth-order valence-electron chi connectivity index (χ4n) is 1.56. The van der Waals surface area contributed by atoms with Crippen LogP contribution < -0.4 is 10.6 Å². The summed E-state index contributed by atoms with van der Waals surface area (Å²) >= 11 is 1.65. The minimum atomic E-state index is -0.434. The second kappa shape index (κ2) is 6.47. The quantitative estimate of drug-likeness (QED) is 0.851. The number of thiophene rings is 1. The molecule has 102 valence electrons. The van der Waals surface area contributed by atoms with Gasteiger partial charge in [-0.25, -0.2) is 9.37 Å². The van der Waals surface area contributed by atoms with Crippen molar-refractivity contribution in [2.45, 2.75) is 26.8 Å². The Morgan fingerprint density at radius 2 is 2.21 bits per heavy atom. The van der Waals surface area contributed by atoms with Crippen LogP contribution in [0.4, 0.5) is 16.2 Å². The van der Waals surface area contributed by atoms with Gasteiger partial charge in [-0.3, -0.25) is 0 Å². The van der Waals surface area contributed by atoms with E-state index in [0.717, 1.165) is 13.0 Å². The van der Waals surface area contributed by atoms with Gasteiger partial charge in [0.15, 0.2) is 11.6 Å². The van der Waals surface area contributed by atoms with Gasteiger partial charge in [0.05, 0.1) is 12.7 Å². The van der Waals surface area contributed by atoms with E-state index in [4.69, 9.17) is 0 Å². The molecule has 0 spiro atoms. The number of anilines is 2. The molecule has 2 aromatic heterocycles. The molecule has 0 radical (unpaired) electrons. The van der Waals surface area contributed by atoms with Crippen molar-refractivity contribution < 1.29 is 4.39 Å². The van der Waals surface area contributed by atoms with Crippen LogP contribution in [0.5, 0.6) is 0 Å². The summed E-state index contributed by atoms with van der Waals surface area (Å²) < 4.78 is 13.6. The zero-order valence-corrected chi connectivity index (χ0v) is 11.9. The highest BCUT2D eigenvalue weighted by Gasteiger charge is 2.07. The predicted octanol–water partition coefficient (Wildman–Crippen LogP) is 3.42. The van der Waals surface area contributed by atoms with Crippen molar-refractivity contribution in [2.75, 3.05) is 17.2 Å². The maximum Gasteiger partial charge on any atom is 0.224 e. The normalized spacial score (nSPS) is 10.5. The van der Waals surface area contributed by atoms with Gasteiger partial charge in [0.2, 0.25) is 5.95 Å². The molecule has 0 aromatic carbocycles. The Labute approximate surface area is 116 Å². The smallest absolute Gasteiger partial charge is 0.224 e. The summed E-state index contributed by atoms with van der Waals surface area (Å²) in [5.74, 6) is 0.256. The lowest BCUT2D eigenvalue weighted by Crippen LogP contribution is -2.09. The molecule has 2 N–H and O–H groups in total. The first-order valence-electron chi connectivity index (χ1n) is 6.24. The summed E-state index contributed by atoms with van der Waals surface area (Å²) in [7, 11) is 0. The Kier molecular flexibility index (Phi) is 4.68.